The van der Waals surface area contributed by atoms with Gasteiger partial charge in [0.05, 0.1) is 12.1 Å². The molecule has 4 heteroatoms. The molecule has 0 aromatic heterocycles. The SMILES string of the molecule is CCOCC(C)(CN)N1CCC(CN2CCCC2)CC1. The maximum Gasteiger partial charge on any atom is 0.0659 e. The van der Waals surface area contributed by atoms with E-state index in [1.807, 2.05) is 0 Å². The highest BCUT2D eigenvalue weighted by molar-refractivity contribution is 4.90. The summed E-state index contributed by atoms with van der Waals surface area (Å²) in [7, 11) is 0. The molecular weight excluding hydrogens is 250 g/mol. The summed E-state index contributed by atoms with van der Waals surface area (Å²) in [5.41, 5.74) is 6.04. The minimum atomic E-state index is 0.0224. The Kier molecular flexibility index (Phi) is 6.27. The first-order valence-corrected chi connectivity index (χ1v) is 8.43. The fourth-order valence-corrected chi connectivity index (χ4v) is 3.59. The van der Waals surface area contributed by atoms with Crippen LogP contribution in [0.15, 0.2) is 0 Å². The van der Waals surface area contributed by atoms with Crippen LogP contribution in [0.2, 0.25) is 0 Å². The Hall–Kier alpha value is -0.160. The molecule has 2 heterocycles. The van der Waals surface area contributed by atoms with E-state index in [4.69, 9.17) is 10.5 Å². The minimum Gasteiger partial charge on any atom is -0.380 e. The molecule has 2 fully saturated rings. The molecule has 1 unspecified atom stereocenters. The molecular formula is C16H33N3O. The molecule has 2 aliphatic rings. The van der Waals surface area contributed by atoms with E-state index in [9.17, 15) is 0 Å². The van der Waals surface area contributed by atoms with E-state index >= 15 is 0 Å². The van der Waals surface area contributed by atoms with Crippen LogP contribution in [0.3, 0.4) is 0 Å². The van der Waals surface area contributed by atoms with Crippen LogP contribution >= 0.6 is 0 Å². The maximum absolute atomic E-state index is 6.02. The van der Waals surface area contributed by atoms with E-state index in [1.54, 1.807) is 0 Å². The van der Waals surface area contributed by atoms with Crippen molar-refractivity contribution < 1.29 is 4.74 Å². The quantitative estimate of drug-likeness (QED) is 0.770. The zero-order chi connectivity index (χ0) is 14.4. The largest absolute Gasteiger partial charge is 0.380 e. The molecule has 20 heavy (non-hydrogen) atoms. The van der Waals surface area contributed by atoms with Gasteiger partial charge in [-0.15, -0.1) is 0 Å². The normalized spacial score (nSPS) is 25.9. The molecule has 0 aliphatic carbocycles. The molecule has 2 rings (SSSR count). The van der Waals surface area contributed by atoms with Gasteiger partial charge in [0.1, 0.15) is 0 Å². The molecule has 0 aromatic carbocycles. The van der Waals surface area contributed by atoms with Gasteiger partial charge in [0.2, 0.25) is 0 Å². The van der Waals surface area contributed by atoms with Crippen molar-refractivity contribution in [3.63, 3.8) is 0 Å². The highest BCUT2D eigenvalue weighted by Crippen LogP contribution is 2.25. The van der Waals surface area contributed by atoms with Crippen LogP contribution in [0.4, 0.5) is 0 Å². The van der Waals surface area contributed by atoms with E-state index < -0.39 is 0 Å². The van der Waals surface area contributed by atoms with Gasteiger partial charge in [-0.05, 0) is 71.6 Å². The van der Waals surface area contributed by atoms with E-state index in [-0.39, 0.29) is 5.54 Å². The van der Waals surface area contributed by atoms with Gasteiger partial charge in [-0.2, -0.15) is 0 Å². The van der Waals surface area contributed by atoms with Gasteiger partial charge in [0.25, 0.3) is 0 Å². The van der Waals surface area contributed by atoms with Crippen molar-refractivity contribution in [2.75, 3.05) is 52.5 Å². The molecule has 118 valence electrons. The highest BCUT2D eigenvalue weighted by Gasteiger charge is 2.34. The van der Waals surface area contributed by atoms with E-state index in [1.165, 1.54) is 58.4 Å². The summed E-state index contributed by atoms with van der Waals surface area (Å²) < 4.78 is 5.65. The summed E-state index contributed by atoms with van der Waals surface area (Å²) in [4.78, 5) is 5.21. The first kappa shape index (κ1) is 16.2. The molecule has 0 bridgehead atoms. The number of nitrogens with two attached hydrogens (primary N) is 1. The Labute approximate surface area is 124 Å². The van der Waals surface area contributed by atoms with Crippen molar-refractivity contribution in [1.29, 1.82) is 0 Å². The van der Waals surface area contributed by atoms with Crippen LogP contribution in [0.5, 0.6) is 0 Å². The van der Waals surface area contributed by atoms with Gasteiger partial charge in [-0.3, -0.25) is 4.90 Å². The molecule has 1 atom stereocenters. The van der Waals surface area contributed by atoms with Crippen molar-refractivity contribution in [1.82, 2.24) is 9.80 Å². The molecule has 2 N–H and O–H groups in total. The number of likely N-dealkylation sites (tertiary alicyclic amines) is 2. The Morgan fingerprint density at radius 2 is 1.80 bits per heavy atom. The van der Waals surface area contributed by atoms with Gasteiger partial charge in [-0.25, -0.2) is 0 Å². The lowest BCUT2D eigenvalue weighted by Crippen LogP contribution is -2.57. The van der Waals surface area contributed by atoms with E-state index in [0.29, 0.717) is 6.54 Å². The molecule has 0 saturated carbocycles. The first-order valence-electron chi connectivity index (χ1n) is 8.43. The zero-order valence-electron chi connectivity index (χ0n) is 13.4. The molecule has 2 saturated heterocycles. The van der Waals surface area contributed by atoms with Crippen LogP contribution < -0.4 is 5.73 Å². The molecule has 0 amide bonds. The van der Waals surface area contributed by atoms with E-state index in [2.05, 4.69) is 23.6 Å². The summed E-state index contributed by atoms with van der Waals surface area (Å²) in [6, 6.07) is 0. The van der Waals surface area contributed by atoms with Crippen LogP contribution in [0.1, 0.15) is 39.5 Å². The molecule has 4 nitrogen and oxygen atoms in total. The molecule has 2 aliphatic heterocycles. The lowest BCUT2D eigenvalue weighted by Gasteiger charge is -2.44. The van der Waals surface area contributed by atoms with Crippen LogP contribution in [-0.2, 0) is 4.74 Å². The van der Waals surface area contributed by atoms with Crippen molar-refractivity contribution in [3.05, 3.63) is 0 Å². The third kappa shape index (κ3) is 4.17. The standard InChI is InChI=1S/C16H33N3O/c1-3-20-14-16(2,13-17)19-10-6-15(7-11-19)12-18-8-4-5-9-18/h15H,3-14,17H2,1-2H3. The van der Waals surface area contributed by atoms with Gasteiger partial charge < -0.3 is 15.4 Å². The van der Waals surface area contributed by atoms with Crippen molar-refractivity contribution >= 4 is 0 Å². The molecule has 0 radical (unpaired) electrons. The molecule has 0 aromatic rings. The smallest absolute Gasteiger partial charge is 0.0659 e. The van der Waals surface area contributed by atoms with Gasteiger partial charge >= 0.3 is 0 Å². The van der Waals surface area contributed by atoms with Gasteiger partial charge in [0.15, 0.2) is 0 Å². The Morgan fingerprint density at radius 3 is 2.35 bits per heavy atom. The summed E-state index contributed by atoms with van der Waals surface area (Å²) in [5.74, 6) is 0.887. The number of nitrogens with zero attached hydrogens (tertiary/aromatic N) is 2. The van der Waals surface area contributed by atoms with Crippen LogP contribution in [-0.4, -0.2) is 67.8 Å². The van der Waals surface area contributed by atoms with E-state index in [0.717, 1.165) is 19.1 Å². The second-order valence-corrected chi connectivity index (χ2v) is 6.78. The number of ether oxygens (including phenoxy) is 1. The third-order valence-electron chi connectivity index (χ3n) is 5.15. The third-order valence-corrected chi connectivity index (χ3v) is 5.15. The van der Waals surface area contributed by atoms with Gasteiger partial charge in [0, 0.05) is 19.7 Å². The predicted molar refractivity (Wildman–Crippen MR) is 83.9 cm³/mol. The summed E-state index contributed by atoms with van der Waals surface area (Å²) in [6.45, 7) is 12.9. The Balaban J connectivity index is 1.76. The fourth-order valence-electron chi connectivity index (χ4n) is 3.59. The number of piperidine rings is 1. The predicted octanol–water partition coefficient (Wildman–Crippen LogP) is 1.55. The topological polar surface area (TPSA) is 41.7 Å². The van der Waals surface area contributed by atoms with Gasteiger partial charge in [-0.1, -0.05) is 0 Å². The lowest BCUT2D eigenvalue weighted by molar-refractivity contribution is -0.00904. The fraction of sp³-hybridized carbons (Fsp3) is 1.00. The number of hydrogen-bond donors (Lipinski definition) is 1. The monoisotopic (exact) mass is 283 g/mol. The highest BCUT2D eigenvalue weighted by atomic mass is 16.5. The molecule has 0 spiro atoms. The maximum atomic E-state index is 6.02. The summed E-state index contributed by atoms with van der Waals surface area (Å²) in [5, 5.41) is 0. The number of rotatable bonds is 7. The van der Waals surface area contributed by atoms with Crippen molar-refractivity contribution in [2.45, 2.75) is 45.1 Å². The number of hydrogen-bond acceptors (Lipinski definition) is 4. The van der Waals surface area contributed by atoms with Crippen molar-refractivity contribution in [2.24, 2.45) is 11.7 Å². The summed E-state index contributed by atoms with van der Waals surface area (Å²) in [6.07, 6.45) is 5.44. The zero-order valence-corrected chi connectivity index (χ0v) is 13.4. The summed E-state index contributed by atoms with van der Waals surface area (Å²) >= 11 is 0. The lowest BCUT2D eigenvalue weighted by atomic mass is 9.91. The first-order chi connectivity index (χ1) is 9.68. The minimum absolute atomic E-state index is 0.0224. The van der Waals surface area contributed by atoms with Crippen molar-refractivity contribution in [3.8, 4) is 0 Å². The average Bonchev–Trinajstić information content (AvgIpc) is 2.98. The average molecular weight is 283 g/mol. The Morgan fingerprint density at radius 1 is 1.15 bits per heavy atom. The second kappa shape index (κ2) is 7.74. The second-order valence-electron chi connectivity index (χ2n) is 6.78. The van der Waals surface area contributed by atoms with Crippen LogP contribution in [0.25, 0.3) is 0 Å². The Bertz CT molecular complexity index is 273. The van der Waals surface area contributed by atoms with Crippen LogP contribution in [0, 0.1) is 5.92 Å².